The van der Waals surface area contributed by atoms with Crippen molar-refractivity contribution >= 4 is 11.6 Å². The van der Waals surface area contributed by atoms with E-state index in [1.165, 1.54) is 11.4 Å². The second kappa shape index (κ2) is 4.19. The van der Waals surface area contributed by atoms with Crippen LogP contribution in [0.2, 0.25) is 5.02 Å². The minimum absolute atomic E-state index is 0.331. The summed E-state index contributed by atoms with van der Waals surface area (Å²) in [7, 11) is 3.45. The predicted octanol–water partition coefficient (Wildman–Crippen LogP) is 2.21. The summed E-state index contributed by atoms with van der Waals surface area (Å²) in [6, 6.07) is 3.27. The Kier molecular flexibility index (Phi) is 3.39. The molecule has 0 atom stereocenters. The molecule has 1 rings (SSSR count). The van der Waals surface area contributed by atoms with E-state index in [4.69, 9.17) is 11.6 Å². The molecule has 0 unspecified atom stereocenters. The molecule has 0 fully saturated rings. The Labute approximate surface area is 84.9 Å². The van der Waals surface area contributed by atoms with Crippen LogP contribution < -0.4 is 5.32 Å². The summed E-state index contributed by atoms with van der Waals surface area (Å²) >= 11 is 5.71. The Morgan fingerprint density at radius 3 is 2.50 bits per heavy atom. The van der Waals surface area contributed by atoms with E-state index >= 15 is 0 Å². The zero-order valence-corrected chi connectivity index (χ0v) is 7.99. The molecule has 0 spiro atoms. The van der Waals surface area contributed by atoms with Crippen LogP contribution in [0.15, 0.2) is 18.2 Å². The maximum absolute atomic E-state index is 12.3. The van der Waals surface area contributed by atoms with E-state index in [1.54, 1.807) is 0 Å². The molecule has 0 saturated carbocycles. The molecule has 0 aromatic heterocycles. The number of quaternary nitrogens is 1. The summed E-state index contributed by atoms with van der Waals surface area (Å²) in [5, 5.41) is 1.85. The first-order chi connectivity index (χ1) is 6.45. The van der Waals surface area contributed by atoms with E-state index in [2.05, 4.69) is 7.05 Å². The molecule has 0 aliphatic heterocycles. The summed E-state index contributed by atoms with van der Waals surface area (Å²) in [4.78, 5) is 0. The zero-order valence-electron chi connectivity index (χ0n) is 7.24. The molecule has 1 nitrogen and oxygen atoms in total. The number of nitrogens with two attached hydrogens (primary N) is 1. The zero-order chi connectivity index (χ0) is 10.8. The van der Waals surface area contributed by atoms with Crippen molar-refractivity contribution in [3.8, 4) is 0 Å². The lowest BCUT2D eigenvalue weighted by Gasteiger charge is -2.09. The van der Waals surface area contributed by atoms with Gasteiger partial charge in [0.1, 0.15) is 0 Å². The molecule has 1 aromatic rings. The summed E-state index contributed by atoms with van der Waals surface area (Å²) < 4.78 is 36.8. The van der Waals surface area contributed by atoms with Crippen LogP contribution >= 0.6 is 11.6 Å². The summed E-state index contributed by atoms with van der Waals surface area (Å²) in [5.41, 5.74) is -0.241. The van der Waals surface area contributed by atoms with Gasteiger partial charge in [-0.05, 0) is 18.2 Å². The average molecular weight is 224 g/mol. The van der Waals surface area contributed by atoms with Crippen molar-refractivity contribution < 1.29 is 18.5 Å². The average Bonchev–Trinajstić information content (AvgIpc) is 2.07. The molecule has 78 valence electrons. The van der Waals surface area contributed by atoms with Gasteiger partial charge in [0.25, 0.3) is 0 Å². The smallest absolute Gasteiger partial charge is 0.416 e. The first-order valence-electron chi connectivity index (χ1n) is 3.91. The largest absolute Gasteiger partial charge is 0.475 e. The fraction of sp³-hybridized carbons (Fsp3) is 0.222. The molecule has 2 N–H and O–H groups in total. The molecular weight excluding hydrogens is 215 g/mol. The molecule has 5 heteroatoms. The number of benzene rings is 1. The number of rotatable bonds is 2. The highest BCUT2D eigenvalue weighted by molar-refractivity contribution is 6.31. The van der Waals surface area contributed by atoms with Crippen molar-refractivity contribution in [1.29, 1.82) is 0 Å². The molecule has 0 bridgehead atoms. The Balaban J connectivity index is 3.06. The molecule has 0 amide bonds. The molecule has 0 radical (unpaired) electrons. The molecule has 0 saturated heterocycles. The first kappa shape index (κ1) is 11.3. The van der Waals surface area contributed by atoms with Crippen LogP contribution in [0.5, 0.6) is 0 Å². The fourth-order valence-electron chi connectivity index (χ4n) is 1.06. The second-order valence-corrected chi connectivity index (χ2v) is 3.20. The number of hydrogen-bond donors (Lipinski definition) is 1. The highest BCUT2D eigenvalue weighted by atomic mass is 35.5. The van der Waals surface area contributed by atoms with E-state index in [1.807, 2.05) is 0 Å². The Morgan fingerprint density at radius 1 is 1.36 bits per heavy atom. The molecule has 0 aliphatic rings. The summed E-state index contributed by atoms with van der Waals surface area (Å²) in [5.74, 6) is 0. The third kappa shape index (κ3) is 2.62. The summed E-state index contributed by atoms with van der Waals surface area (Å²) in [6.45, 7) is 0.336. The van der Waals surface area contributed by atoms with Crippen molar-refractivity contribution in [2.75, 3.05) is 0 Å². The van der Waals surface area contributed by atoms with E-state index in [9.17, 15) is 13.2 Å². The predicted molar refractivity (Wildman–Crippen MR) is 47.4 cm³/mol. The van der Waals surface area contributed by atoms with Crippen LogP contribution in [0.4, 0.5) is 13.2 Å². The van der Waals surface area contributed by atoms with Gasteiger partial charge in [-0.1, -0.05) is 11.6 Å². The molecular formula is C9H9ClF3N. The third-order valence-electron chi connectivity index (χ3n) is 1.74. The minimum atomic E-state index is -4.32. The standard InChI is InChI=1S/C9H9ClF3N/c1-14-5-6-4-7(9(11,12)13)2-3-8(6)10/h2-4H,1,5,14H2. The van der Waals surface area contributed by atoms with Crippen LogP contribution in [-0.4, -0.2) is 0 Å². The topological polar surface area (TPSA) is 16.6 Å². The van der Waals surface area contributed by atoms with Gasteiger partial charge >= 0.3 is 6.18 Å². The number of halogens is 4. The molecule has 14 heavy (non-hydrogen) atoms. The van der Waals surface area contributed by atoms with Crippen molar-refractivity contribution in [3.05, 3.63) is 41.4 Å². The Bertz CT molecular complexity index is 322. The monoisotopic (exact) mass is 223 g/mol. The van der Waals surface area contributed by atoms with Crippen LogP contribution in [0.25, 0.3) is 0 Å². The van der Waals surface area contributed by atoms with Crippen molar-refractivity contribution in [1.82, 2.24) is 0 Å². The fourth-order valence-corrected chi connectivity index (χ4v) is 1.26. The SMILES string of the molecule is [CH2-][NH2+]Cc1cc(C(F)(F)F)ccc1Cl. The molecule has 0 heterocycles. The van der Waals surface area contributed by atoms with Crippen LogP contribution in [-0.2, 0) is 12.7 Å². The summed E-state index contributed by atoms with van der Waals surface area (Å²) in [6.07, 6.45) is -4.32. The molecule has 0 aliphatic carbocycles. The number of hydrogen-bond acceptors (Lipinski definition) is 0. The normalized spacial score (nSPS) is 11.8. The lowest BCUT2D eigenvalue weighted by Crippen LogP contribution is -2.74. The van der Waals surface area contributed by atoms with Crippen molar-refractivity contribution in [2.45, 2.75) is 12.7 Å². The molecule has 1 aromatic carbocycles. The third-order valence-corrected chi connectivity index (χ3v) is 2.11. The van der Waals surface area contributed by atoms with Gasteiger partial charge in [-0.3, -0.25) is 0 Å². The van der Waals surface area contributed by atoms with Crippen LogP contribution in [0.1, 0.15) is 11.1 Å². The quantitative estimate of drug-likeness (QED) is 0.741. The lowest BCUT2D eigenvalue weighted by atomic mass is 10.1. The maximum atomic E-state index is 12.3. The van der Waals surface area contributed by atoms with E-state index in [-0.39, 0.29) is 0 Å². The minimum Gasteiger partial charge on any atom is -0.475 e. The second-order valence-electron chi connectivity index (χ2n) is 2.80. The Hall–Kier alpha value is -0.740. The highest BCUT2D eigenvalue weighted by Gasteiger charge is 2.30. The van der Waals surface area contributed by atoms with Gasteiger partial charge in [0.05, 0.1) is 12.1 Å². The van der Waals surface area contributed by atoms with Gasteiger partial charge < -0.3 is 5.32 Å². The van der Waals surface area contributed by atoms with E-state index in [0.717, 1.165) is 12.1 Å². The van der Waals surface area contributed by atoms with E-state index < -0.39 is 11.7 Å². The van der Waals surface area contributed by atoms with Crippen LogP contribution in [0.3, 0.4) is 0 Å². The maximum Gasteiger partial charge on any atom is 0.416 e. The van der Waals surface area contributed by atoms with Gasteiger partial charge in [-0.15, -0.1) is 0 Å². The van der Waals surface area contributed by atoms with Crippen molar-refractivity contribution in [3.63, 3.8) is 0 Å². The van der Waals surface area contributed by atoms with Gasteiger partial charge in [0.2, 0.25) is 0 Å². The van der Waals surface area contributed by atoms with Crippen LogP contribution in [0, 0.1) is 7.05 Å². The van der Waals surface area contributed by atoms with E-state index in [0.29, 0.717) is 17.1 Å². The number of alkyl halides is 3. The lowest BCUT2D eigenvalue weighted by molar-refractivity contribution is -0.612. The van der Waals surface area contributed by atoms with Gasteiger partial charge in [0.15, 0.2) is 0 Å². The first-order valence-corrected chi connectivity index (χ1v) is 4.29. The van der Waals surface area contributed by atoms with Crippen molar-refractivity contribution in [2.24, 2.45) is 0 Å². The highest BCUT2D eigenvalue weighted by Crippen LogP contribution is 2.31. The van der Waals surface area contributed by atoms with Gasteiger partial charge in [0, 0.05) is 10.6 Å². The van der Waals surface area contributed by atoms with Gasteiger partial charge in [-0.2, -0.15) is 20.2 Å². The Morgan fingerprint density at radius 2 is 2.00 bits per heavy atom. The van der Waals surface area contributed by atoms with Gasteiger partial charge in [-0.25, -0.2) is 0 Å².